The van der Waals surface area contributed by atoms with E-state index in [1.807, 2.05) is 42.5 Å². The predicted molar refractivity (Wildman–Crippen MR) is 143 cm³/mol. The quantitative estimate of drug-likeness (QED) is 0.334. The van der Waals surface area contributed by atoms with Crippen LogP contribution in [-0.2, 0) is 28.1 Å². The lowest BCUT2D eigenvalue weighted by molar-refractivity contribution is -0.139. The van der Waals surface area contributed by atoms with Crippen LogP contribution in [0.25, 0.3) is 11.1 Å². The molecule has 1 fully saturated rings. The second kappa shape index (κ2) is 11.5. The molecule has 1 aromatic heterocycles. The lowest BCUT2D eigenvalue weighted by atomic mass is 9.96. The van der Waals surface area contributed by atoms with Gasteiger partial charge in [-0.3, -0.25) is 4.79 Å². The van der Waals surface area contributed by atoms with E-state index >= 15 is 0 Å². The summed E-state index contributed by atoms with van der Waals surface area (Å²) in [5.41, 5.74) is 2.48. The number of imidazole rings is 1. The van der Waals surface area contributed by atoms with Gasteiger partial charge in [-0.15, -0.1) is 0 Å². The van der Waals surface area contributed by atoms with E-state index in [-0.39, 0.29) is 24.5 Å². The number of piperidine rings is 1. The zero-order valence-electron chi connectivity index (χ0n) is 21.8. The van der Waals surface area contributed by atoms with Gasteiger partial charge in [0.2, 0.25) is 9.84 Å². The average molecular weight is 543 g/mol. The fraction of sp³-hybridized carbons (Fsp3) is 0.407. The molecular formula is C27H34N4O6S. The molecule has 1 unspecified atom stereocenters. The monoisotopic (exact) mass is 542 g/mol. The van der Waals surface area contributed by atoms with E-state index in [9.17, 15) is 18.3 Å². The van der Waals surface area contributed by atoms with Gasteiger partial charge in [0.25, 0.3) is 0 Å². The zero-order valence-corrected chi connectivity index (χ0v) is 22.6. The van der Waals surface area contributed by atoms with Crippen molar-refractivity contribution in [2.24, 2.45) is 7.05 Å². The first kappa shape index (κ1) is 27.6. The highest BCUT2D eigenvalue weighted by atomic mass is 32.2. The molecular weight excluding hydrogens is 508 g/mol. The zero-order chi connectivity index (χ0) is 27.3. The third-order valence-corrected chi connectivity index (χ3v) is 9.71. The largest absolute Gasteiger partial charge is 0.496 e. The molecule has 3 N–H and O–H groups in total. The van der Waals surface area contributed by atoms with Crippen molar-refractivity contribution in [2.45, 2.75) is 35.1 Å². The third-order valence-electron chi connectivity index (χ3n) is 7.13. The number of aryl methyl sites for hydroxylation is 1. The first-order valence-electron chi connectivity index (χ1n) is 12.4. The van der Waals surface area contributed by atoms with E-state index in [2.05, 4.69) is 15.6 Å². The van der Waals surface area contributed by atoms with E-state index in [1.165, 1.54) is 17.1 Å². The lowest BCUT2D eigenvalue weighted by Gasteiger charge is -2.37. The summed E-state index contributed by atoms with van der Waals surface area (Å²) in [4.78, 5) is 16.2. The molecule has 2 atom stereocenters. The number of hydrogen-bond donors (Lipinski definition) is 3. The summed E-state index contributed by atoms with van der Waals surface area (Å²) in [5.74, 6) is 0.295. The van der Waals surface area contributed by atoms with Crippen molar-refractivity contribution in [1.82, 2.24) is 20.2 Å². The second-order valence-electron chi connectivity index (χ2n) is 9.52. The van der Waals surface area contributed by atoms with Crippen LogP contribution >= 0.6 is 0 Å². The van der Waals surface area contributed by atoms with E-state index in [0.29, 0.717) is 30.9 Å². The van der Waals surface area contributed by atoms with Crippen molar-refractivity contribution in [3.05, 3.63) is 60.6 Å². The maximum absolute atomic E-state index is 13.7. The number of carboxylic acids is 1. The number of methoxy groups -OCH3 is 2. The SMILES string of the molecule is COc1cccc(OC)c1-c1ccc(C[C@H](NCC2(S(=O)(=O)c3cncn3C)CCCNC2)C(=O)O)cc1. The van der Waals surface area contributed by atoms with Crippen molar-refractivity contribution >= 4 is 15.8 Å². The summed E-state index contributed by atoms with van der Waals surface area (Å²) in [6.07, 6.45) is 4.08. The smallest absolute Gasteiger partial charge is 0.321 e. The molecule has 10 nitrogen and oxygen atoms in total. The highest BCUT2D eigenvalue weighted by Crippen LogP contribution is 2.38. The Balaban J connectivity index is 1.54. The molecule has 38 heavy (non-hydrogen) atoms. The first-order chi connectivity index (χ1) is 18.2. The van der Waals surface area contributed by atoms with Crippen LogP contribution in [-0.4, -0.2) is 73.7 Å². The number of sulfone groups is 1. The highest BCUT2D eigenvalue weighted by Gasteiger charge is 2.47. The van der Waals surface area contributed by atoms with Gasteiger partial charge >= 0.3 is 5.97 Å². The maximum atomic E-state index is 13.7. The van der Waals surface area contributed by atoms with Crippen molar-refractivity contribution in [2.75, 3.05) is 33.9 Å². The van der Waals surface area contributed by atoms with Crippen molar-refractivity contribution in [1.29, 1.82) is 0 Å². The molecule has 0 radical (unpaired) electrons. The van der Waals surface area contributed by atoms with Crippen LogP contribution in [0.4, 0.5) is 0 Å². The van der Waals surface area contributed by atoms with Crippen LogP contribution in [0.5, 0.6) is 11.5 Å². The fourth-order valence-corrected chi connectivity index (χ4v) is 7.02. The van der Waals surface area contributed by atoms with Gasteiger partial charge in [0.1, 0.15) is 22.3 Å². The van der Waals surface area contributed by atoms with E-state index in [4.69, 9.17) is 9.47 Å². The molecule has 11 heteroatoms. The van der Waals surface area contributed by atoms with Crippen LogP contribution in [0, 0.1) is 0 Å². The normalized spacial score (nSPS) is 18.6. The summed E-state index contributed by atoms with van der Waals surface area (Å²) in [6.45, 7) is 0.949. The molecule has 0 aliphatic carbocycles. The van der Waals surface area contributed by atoms with Crippen LogP contribution in [0.2, 0.25) is 0 Å². The molecule has 0 bridgehead atoms. The molecule has 1 aliphatic rings. The predicted octanol–water partition coefficient (Wildman–Crippen LogP) is 2.29. The molecule has 0 saturated carbocycles. The van der Waals surface area contributed by atoms with Gasteiger partial charge in [0.05, 0.1) is 32.3 Å². The molecule has 2 aromatic carbocycles. The van der Waals surface area contributed by atoms with Gasteiger partial charge in [0, 0.05) is 20.1 Å². The standard InChI is InChI=1S/C27H34N4O6S/c1-31-18-29-15-24(31)38(34,35)27(12-5-13-28-16-27)17-30-21(26(32)33)14-19-8-10-20(11-9-19)25-22(36-2)6-4-7-23(25)37-3/h4,6-11,15,18,21,28,30H,5,12-14,16-17H2,1-3H3,(H,32,33)/t21-,27?/m0/s1. The molecule has 2 heterocycles. The summed E-state index contributed by atoms with van der Waals surface area (Å²) in [7, 11) is 1.04. The minimum atomic E-state index is -3.80. The third kappa shape index (κ3) is 5.40. The second-order valence-corrected chi connectivity index (χ2v) is 11.8. The fourth-order valence-electron chi connectivity index (χ4n) is 4.98. The number of aliphatic carboxylic acids is 1. The summed E-state index contributed by atoms with van der Waals surface area (Å²) in [6, 6.07) is 12.1. The molecule has 1 aliphatic heterocycles. The Kier molecular flexibility index (Phi) is 8.39. The Morgan fingerprint density at radius 1 is 1.18 bits per heavy atom. The summed E-state index contributed by atoms with van der Waals surface area (Å²) >= 11 is 0. The number of nitrogens with zero attached hydrogens (tertiary/aromatic N) is 2. The van der Waals surface area contributed by atoms with Crippen LogP contribution in [0.15, 0.2) is 60.0 Å². The van der Waals surface area contributed by atoms with Gasteiger partial charge < -0.3 is 29.8 Å². The molecule has 1 saturated heterocycles. The number of carbonyl (C=O) groups is 1. The Labute approximate surface area is 222 Å². The number of benzene rings is 2. The molecule has 3 aromatic rings. The maximum Gasteiger partial charge on any atom is 0.321 e. The molecule has 0 spiro atoms. The topological polar surface area (TPSA) is 132 Å². The van der Waals surface area contributed by atoms with Crippen LogP contribution < -0.4 is 20.1 Å². The van der Waals surface area contributed by atoms with Crippen LogP contribution in [0.3, 0.4) is 0 Å². The Bertz CT molecular complexity index is 1340. The molecule has 0 amide bonds. The van der Waals surface area contributed by atoms with E-state index in [1.54, 1.807) is 21.3 Å². The number of ether oxygens (including phenoxy) is 2. The Morgan fingerprint density at radius 2 is 1.87 bits per heavy atom. The first-order valence-corrected chi connectivity index (χ1v) is 13.9. The van der Waals surface area contributed by atoms with Crippen LogP contribution in [0.1, 0.15) is 18.4 Å². The number of carboxylic acid groups (broad SMARTS) is 1. The molecule has 204 valence electrons. The van der Waals surface area contributed by atoms with Crippen molar-refractivity contribution in [3.8, 4) is 22.6 Å². The highest BCUT2D eigenvalue weighted by molar-refractivity contribution is 7.92. The average Bonchev–Trinajstić information content (AvgIpc) is 3.37. The minimum absolute atomic E-state index is 0.000969. The Morgan fingerprint density at radius 3 is 2.39 bits per heavy atom. The summed E-state index contributed by atoms with van der Waals surface area (Å²) in [5, 5.41) is 16.3. The van der Waals surface area contributed by atoms with Crippen molar-refractivity contribution < 1.29 is 27.8 Å². The summed E-state index contributed by atoms with van der Waals surface area (Å²) < 4.78 is 38.7. The minimum Gasteiger partial charge on any atom is -0.496 e. The number of nitrogens with one attached hydrogen (secondary N) is 2. The van der Waals surface area contributed by atoms with Gasteiger partial charge in [-0.05, 0) is 49.1 Å². The number of aromatic nitrogens is 2. The number of hydrogen-bond acceptors (Lipinski definition) is 8. The molecule has 4 rings (SSSR count). The number of rotatable bonds is 11. The lowest BCUT2D eigenvalue weighted by Crippen LogP contribution is -2.59. The van der Waals surface area contributed by atoms with E-state index < -0.39 is 26.6 Å². The van der Waals surface area contributed by atoms with Gasteiger partial charge in [0.15, 0.2) is 5.03 Å². The van der Waals surface area contributed by atoms with Gasteiger partial charge in [-0.2, -0.15) is 0 Å². The van der Waals surface area contributed by atoms with Gasteiger partial charge in [-0.25, -0.2) is 13.4 Å². The Hall–Kier alpha value is -3.41. The van der Waals surface area contributed by atoms with Gasteiger partial charge in [-0.1, -0.05) is 30.3 Å². The van der Waals surface area contributed by atoms with E-state index in [0.717, 1.165) is 16.7 Å². The van der Waals surface area contributed by atoms with Crippen molar-refractivity contribution in [3.63, 3.8) is 0 Å².